The van der Waals surface area contributed by atoms with Gasteiger partial charge in [0.15, 0.2) is 23.0 Å². The van der Waals surface area contributed by atoms with Crippen LogP contribution in [0.2, 0.25) is 0 Å². The Labute approximate surface area is 171 Å². The van der Waals surface area contributed by atoms with Crippen LogP contribution < -0.4 is 18.9 Å². The quantitative estimate of drug-likeness (QED) is 0.635. The van der Waals surface area contributed by atoms with Crippen molar-refractivity contribution in [2.45, 2.75) is 0 Å². The first-order valence-electron chi connectivity index (χ1n) is 8.92. The summed E-state index contributed by atoms with van der Waals surface area (Å²) in [6.07, 6.45) is 0. The minimum absolute atomic E-state index is 0.0661. The Kier molecular flexibility index (Phi) is 4.83. The maximum Gasteiger partial charge on any atom is 0.339 e. The van der Waals surface area contributed by atoms with Gasteiger partial charge < -0.3 is 28.8 Å². The second-order valence-corrected chi connectivity index (χ2v) is 6.47. The molecule has 0 atom stereocenters. The number of benzene rings is 3. The standard InChI is InChI=1S/C22H18O8/c1-26-16-8-12-6-14(21(23)24)20(22(25)28-3)19(13(12)9-17(16)27-2)11-4-5-15-18(7-11)30-10-29-15/h4-9H,10H2,1-3H3,(H,23,24). The van der Waals surface area contributed by atoms with Gasteiger partial charge in [-0.3, -0.25) is 0 Å². The Morgan fingerprint density at radius 1 is 0.933 bits per heavy atom. The predicted octanol–water partition coefficient (Wildman–Crippen LogP) is 3.74. The summed E-state index contributed by atoms with van der Waals surface area (Å²) >= 11 is 0. The SMILES string of the molecule is COC(=O)c1c(C(=O)O)cc2cc(OC)c(OC)cc2c1-c1ccc2c(c1)OCO2. The highest BCUT2D eigenvalue weighted by Crippen LogP contribution is 2.43. The van der Waals surface area contributed by atoms with Gasteiger partial charge in [-0.2, -0.15) is 0 Å². The van der Waals surface area contributed by atoms with Gasteiger partial charge in [0.25, 0.3) is 0 Å². The van der Waals surface area contributed by atoms with Crippen molar-refractivity contribution in [1.82, 2.24) is 0 Å². The molecule has 0 saturated heterocycles. The summed E-state index contributed by atoms with van der Waals surface area (Å²) in [4.78, 5) is 24.7. The summed E-state index contributed by atoms with van der Waals surface area (Å²) < 4.78 is 26.5. The number of aromatic carboxylic acids is 1. The Balaban J connectivity index is 2.15. The van der Waals surface area contributed by atoms with E-state index in [1.54, 1.807) is 30.3 Å². The zero-order chi connectivity index (χ0) is 21.4. The smallest absolute Gasteiger partial charge is 0.339 e. The molecule has 1 heterocycles. The third-order valence-electron chi connectivity index (χ3n) is 4.93. The molecule has 0 aromatic heterocycles. The first kappa shape index (κ1) is 19.4. The number of methoxy groups -OCH3 is 3. The van der Waals surface area contributed by atoms with Crippen molar-refractivity contribution in [1.29, 1.82) is 0 Å². The summed E-state index contributed by atoms with van der Waals surface area (Å²) in [5.41, 5.74) is 0.703. The number of carboxylic acids is 1. The lowest BCUT2D eigenvalue weighted by atomic mass is 9.89. The minimum atomic E-state index is -1.26. The van der Waals surface area contributed by atoms with Gasteiger partial charge in [-0.15, -0.1) is 0 Å². The second kappa shape index (κ2) is 7.47. The first-order chi connectivity index (χ1) is 14.5. The molecule has 0 saturated carbocycles. The topological polar surface area (TPSA) is 101 Å². The number of carboxylic acid groups (broad SMARTS) is 1. The molecule has 0 fully saturated rings. The Hall–Kier alpha value is -3.94. The molecule has 8 nitrogen and oxygen atoms in total. The largest absolute Gasteiger partial charge is 0.493 e. The summed E-state index contributed by atoms with van der Waals surface area (Å²) in [7, 11) is 4.19. The molecule has 4 rings (SSSR count). The molecule has 30 heavy (non-hydrogen) atoms. The van der Waals surface area contributed by atoms with Crippen molar-refractivity contribution < 1.29 is 38.4 Å². The van der Waals surface area contributed by atoms with Crippen molar-refractivity contribution in [3.8, 4) is 34.1 Å². The van der Waals surface area contributed by atoms with Gasteiger partial charge in [0.1, 0.15) is 0 Å². The van der Waals surface area contributed by atoms with E-state index in [1.165, 1.54) is 27.4 Å². The van der Waals surface area contributed by atoms with E-state index in [4.69, 9.17) is 23.7 Å². The lowest BCUT2D eigenvalue weighted by molar-refractivity contribution is 0.0584. The fraction of sp³-hybridized carbons (Fsp3) is 0.182. The number of fused-ring (bicyclic) bond motifs is 2. The molecule has 0 amide bonds. The lowest BCUT2D eigenvalue weighted by Crippen LogP contribution is -2.12. The molecule has 3 aromatic rings. The molecule has 0 radical (unpaired) electrons. The molecule has 3 aromatic carbocycles. The molecule has 154 valence electrons. The molecule has 1 aliphatic rings. The summed E-state index contributed by atoms with van der Waals surface area (Å²) in [6.45, 7) is 0.0869. The highest BCUT2D eigenvalue weighted by atomic mass is 16.7. The van der Waals surface area contributed by atoms with Crippen LogP contribution in [0.15, 0.2) is 36.4 Å². The molecule has 0 bridgehead atoms. The number of rotatable bonds is 5. The van der Waals surface area contributed by atoms with Crippen LogP contribution in [0.3, 0.4) is 0 Å². The van der Waals surface area contributed by atoms with Gasteiger partial charge in [-0.1, -0.05) is 6.07 Å². The van der Waals surface area contributed by atoms with E-state index >= 15 is 0 Å². The van der Waals surface area contributed by atoms with Crippen LogP contribution in [-0.2, 0) is 4.74 Å². The van der Waals surface area contributed by atoms with E-state index in [0.29, 0.717) is 44.9 Å². The van der Waals surface area contributed by atoms with Crippen LogP contribution in [0.4, 0.5) is 0 Å². The van der Waals surface area contributed by atoms with E-state index in [2.05, 4.69) is 0 Å². The predicted molar refractivity (Wildman–Crippen MR) is 107 cm³/mol. The summed E-state index contributed by atoms with van der Waals surface area (Å²) in [5, 5.41) is 11.0. The Morgan fingerprint density at radius 3 is 2.30 bits per heavy atom. The second-order valence-electron chi connectivity index (χ2n) is 6.47. The normalized spacial score (nSPS) is 12.0. The molecule has 0 unspecified atom stereocenters. The number of carbonyl (C=O) groups excluding carboxylic acids is 1. The van der Waals surface area contributed by atoms with Gasteiger partial charge in [0, 0.05) is 5.56 Å². The molecule has 1 aliphatic heterocycles. The number of carbonyl (C=O) groups is 2. The van der Waals surface area contributed by atoms with Crippen molar-refractivity contribution >= 4 is 22.7 Å². The zero-order valence-corrected chi connectivity index (χ0v) is 16.5. The number of esters is 1. The molecule has 0 aliphatic carbocycles. The highest BCUT2D eigenvalue weighted by molar-refractivity contribution is 6.15. The molecule has 1 N–H and O–H groups in total. The van der Waals surface area contributed by atoms with Gasteiger partial charge in [-0.05, 0) is 46.7 Å². The fourth-order valence-corrected chi connectivity index (χ4v) is 3.56. The monoisotopic (exact) mass is 410 g/mol. The van der Waals surface area contributed by atoms with E-state index < -0.39 is 11.9 Å². The van der Waals surface area contributed by atoms with Crippen molar-refractivity contribution in [2.24, 2.45) is 0 Å². The lowest BCUT2D eigenvalue weighted by Gasteiger charge is -2.17. The van der Waals surface area contributed by atoms with Crippen LogP contribution in [0.25, 0.3) is 21.9 Å². The summed E-state index contributed by atoms with van der Waals surface area (Å²) in [5.74, 6) is -0.0884. The molecular weight excluding hydrogens is 392 g/mol. The van der Waals surface area contributed by atoms with Crippen molar-refractivity contribution in [2.75, 3.05) is 28.1 Å². The maximum absolute atomic E-state index is 12.7. The van der Waals surface area contributed by atoms with Crippen molar-refractivity contribution in [3.63, 3.8) is 0 Å². The van der Waals surface area contributed by atoms with Gasteiger partial charge >= 0.3 is 11.9 Å². The third-order valence-corrected chi connectivity index (χ3v) is 4.93. The number of ether oxygens (including phenoxy) is 5. The van der Waals surface area contributed by atoms with Crippen LogP contribution in [0, 0.1) is 0 Å². The van der Waals surface area contributed by atoms with E-state index in [0.717, 1.165) is 0 Å². The molecule has 8 heteroatoms. The van der Waals surface area contributed by atoms with Crippen LogP contribution >= 0.6 is 0 Å². The summed E-state index contributed by atoms with van der Waals surface area (Å²) in [6, 6.07) is 9.92. The fourth-order valence-electron chi connectivity index (χ4n) is 3.56. The van der Waals surface area contributed by atoms with Crippen LogP contribution in [0.1, 0.15) is 20.7 Å². The molecular formula is C22H18O8. The van der Waals surface area contributed by atoms with Crippen LogP contribution in [-0.4, -0.2) is 45.2 Å². The average Bonchev–Trinajstić information content (AvgIpc) is 3.23. The minimum Gasteiger partial charge on any atom is -0.493 e. The van der Waals surface area contributed by atoms with E-state index in [9.17, 15) is 14.7 Å². The van der Waals surface area contributed by atoms with Gasteiger partial charge in [-0.25, -0.2) is 9.59 Å². The molecule has 0 spiro atoms. The third kappa shape index (κ3) is 3.02. The van der Waals surface area contributed by atoms with Crippen molar-refractivity contribution in [3.05, 3.63) is 47.5 Å². The van der Waals surface area contributed by atoms with Gasteiger partial charge in [0.2, 0.25) is 6.79 Å². The first-order valence-corrected chi connectivity index (χ1v) is 8.92. The Morgan fingerprint density at radius 2 is 1.63 bits per heavy atom. The van der Waals surface area contributed by atoms with E-state index in [-0.39, 0.29) is 17.9 Å². The average molecular weight is 410 g/mol. The Bertz CT molecular complexity index is 1180. The van der Waals surface area contributed by atoms with Gasteiger partial charge in [0.05, 0.1) is 32.5 Å². The highest BCUT2D eigenvalue weighted by Gasteiger charge is 2.27. The number of hydrogen-bond acceptors (Lipinski definition) is 7. The maximum atomic E-state index is 12.7. The van der Waals surface area contributed by atoms with Crippen LogP contribution in [0.5, 0.6) is 23.0 Å². The number of hydrogen-bond donors (Lipinski definition) is 1. The van der Waals surface area contributed by atoms with E-state index in [1.807, 2.05) is 0 Å². The zero-order valence-electron chi connectivity index (χ0n) is 16.5.